The van der Waals surface area contributed by atoms with Crippen molar-refractivity contribution < 1.29 is 28.7 Å². The van der Waals surface area contributed by atoms with E-state index in [-0.39, 0.29) is 29.5 Å². The fourth-order valence-corrected chi connectivity index (χ4v) is 7.55. The lowest BCUT2D eigenvalue weighted by Crippen LogP contribution is -2.48. The average molecular weight is 730 g/mol. The number of aryl methyl sites for hydroxylation is 2. The highest BCUT2D eigenvalue weighted by molar-refractivity contribution is 6.00. The van der Waals surface area contributed by atoms with Crippen LogP contribution in [0.3, 0.4) is 0 Å². The summed E-state index contributed by atoms with van der Waals surface area (Å²) in [4.78, 5) is 69.6. The Hall–Kier alpha value is -5.97. The van der Waals surface area contributed by atoms with Crippen molar-refractivity contribution in [2.24, 2.45) is 0 Å². The molecule has 11 heteroatoms. The maximum Gasteiger partial charge on any atom is 0.407 e. The van der Waals surface area contributed by atoms with Gasteiger partial charge < -0.3 is 30.5 Å². The highest BCUT2D eigenvalue weighted by Crippen LogP contribution is 2.32. The summed E-state index contributed by atoms with van der Waals surface area (Å²) in [7, 11) is 1.24. The summed E-state index contributed by atoms with van der Waals surface area (Å²) in [5.74, 6) is -1.24. The molecule has 0 saturated carbocycles. The second-order valence-electron chi connectivity index (χ2n) is 14.0. The number of carbonyl (C=O) groups excluding carboxylic acids is 5. The molecule has 2 aliphatic rings. The van der Waals surface area contributed by atoms with Crippen LogP contribution in [0.2, 0.25) is 0 Å². The Bertz CT molecular complexity index is 2020. The Labute approximate surface area is 316 Å². The van der Waals surface area contributed by atoms with Crippen LogP contribution in [0.4, 0.5) is 16.2 Å². The number of nitrogens with one attached hydrogen (secondary N) is 3. The lowest BCUT2D eigenvalue weighted by atomic mass is 9.95. The molecule has 280 valence electrons. The van der Waals surface area contributed by atoms with Crippen molar-refractivity contribution in [3.63, 3.8) is 0 Å². The van der Waals surface area contributed by atoms with Gasteiger partial charge in [-0.15, -0.1) is 0 Å². The minimum atomic E-state index is -0.994. The van der Waals surface area contributed by atoms with E-state index >= 15 is 0 Å². The van der Waals surface area contributed by atoms with Gasteiger partial charge in [0.25, 0.3) is 5.91 Å². The third-order valence-electron chi connectivity index (χ3n) is 10.5. The third kappa shape index (κ3) is 8.30. The summed E-state index contributed by atoms with van der Waals surface area (Å²) in [5, 5.41) is 8.67. The Morgan fingerprint density at radius 1 is 0.648 bits per heavy atom. The minimum absolute atomic E-state index is 0.0424. The van der Waals surface area contributed by atoms with E-state index in [2.05, 4.69) is 16.0 Å². The Balaban J connectivity index is 1.10. The van der Waals surface area contributed by atoms with Crippen molar-refractivity contribution >= 4 is 41.1 Å². The first-order valence-corrected chi connectivity index (χ1v) is 18.4. The van der Waals surface area contributed by atoms with E-state index in [1.165, 1.54) is 12.0 Å². The molecular weight excluding hydrogens is 683 g/mol. The standard InChI is InChI=1S/C43H47N5O6/c1-27-25-32(44-39(49)36-17-11-23-47(36)41(51)29(3)30-13-7-5-8-14-30)19-21-34(27)35-22-20-33(26-28(35)2)45-40(50)37-18-12-24-48(37)42(52)38(46-43(53)54-4)31-15-9-6-10-16-31/h5-10,13-16,19-22,25-26,29,36-38H,11-12,17-18,23-24H2,1-4H3,(H,44,49)(H,45,50)(H,46,53)/t29-,36+,37+,38-/m1/s1. The zero-order valence-electron chi connectivity index (χ0n) is 31.1. The van der Waals surface area contributed by atoms with Crippen LogP contribution in [0, 0.1) is 13.8 Å². The van der Waals surface area contributed by atoms with E-state index < -0.39 is 24.2 Å². The van der Waals surface area contributed by atoms with Crippen molar-refractivity contribution in [2.45, 2.75) is 70.5 Å². The van der Waals surface area contributed by atoms with Crippen LogP contribution in [0.1, 0.15) is 66.8 Å². The number of rotatable bonds is 10. The Morgan fingerprint density at radius 3 is 1.57 bits per heavy atom. The number of nitrogens with zero attached hydrogens (tertiary/aromatic N) is 2. The molecule has 3 N–H and O–H groups in total. The number of anilines is 2. The maximum atomic E-state index is 13.8. The van der Waals surface area contributed by atoms with E-state index in [4.69, 9.17) is 4.74 Å². The number of hydrogen-bond donors (Lipinski definition) is 3. The fourth-order valence-electron chi connectivity index (χ4n) is 7.55. The smallest absolute Gasteiger partial charge is 0.407 e. The molecule has 0 bridgehead atoms. The van der Waals surface area contributed by atoms with Gasteiger partial charge in [0.2, 0.25) is 17.7 Å². The predicted octanol–water partition coefficient (Wildman–Crippen LogP) is 6.73. The summed E-state index contributed by atoms with van der Waals surface area (Å²) < 4.78 is 4.77. The van der Waals surface area contributed by atoms with Crippen LogP contribution < -0.4 is 16.0 Å². The van der Waals surface area contributed by atoms with Gasteiger partial charge in [-0.3, -0.25) is 19.2 Å². The van der Waals surface area contributed by atoms with Crippen LogP contribution in [0.25, 0.3) is 11.1 Å². The van der Waals surface area contributed by atoms with Crippen LogP contribution >= 0.6 is 0 Å². The molecule has 2 aliphatic heterocycles. The predicted molar refractivity (Wildman–Crippen MR) is 208 cm³/mol. The van der Waals surface area contributed by atoms with Gasteiger partial charge in [0.05, 0.1) is 13.0 Å². The van der Waals surface area contributed by atoms with Gasteiger partial charge in [0.15, 0.2) is 0 Å². The molecular formula is C43H47N5O6. The van der Waals surface area contributed by atoms with Gasteiger partial charge >= 0.3 is 6.09 Å². The van der Waals surface area contributed by atoms with Crippen LogP contribution in [0.15, 0.2) is 97.1 Å². The van der Waals surface area contributed by atoms with E-state index in [9.17, 15) is 24.0 Å². The largest absolute Gasteiger partial charge is 0.453 e. The molecule has 11 nitrogen and oxygen atoms in total. The molecule has 0 aromatic heterocycles. The van der Waals surface area contributed by atoms with Crippen LogP contribution in [0.5, 0.6) is 0 Å². The van der Waals surface area contributed by atoms with E-state index in [1.54, 1.807) is 29.2 Å². The number of amides is 5. The zero-order valence-corrected chi connectivity index (χ0v) is 31.1. The summed E-state index contributed by atoms with van der Waals surface area (Å²) in [6, 6.07) is 27.8. The number of likely N-dealkylation sites (tertiary alicyclic amines) is 2. The molecule has 2 saturated heterocycles. The number of hydrogen-bond acceptors (Lipinski definition) is 6. The summed E-state index contributed by atoms with van der Waals surface area (Å²) in [6.45, 7) is 6.79. The molecule has 0 unspecified atom stereocenters. The molecule has 4 aromatic rings. The summed E-state index contributed by atoms with van der Waals surface area (Å²) in [6.07, 6.45) is 1.81. The number of carbonyl (C=O) groups is 5. The van der Waals surface area contributed by atoms with Gasteiger partial charge in [-0.05, 0) is 104 Å². The molecule has 2 fully saturated rings. The van der Waals surface area contributed by atoms with E-state index in [1.807, 2.05) is 93.6 Å². The zero-order chi connectivity index (χ0) is 38.4. The van der Waals surface area contributed by atoms with Crippen LogP contribution in [-0.2, 0) is 23.9 Å². The topological polar surface area (TPSA) is 137 Å². The fraction of sp³-hybridized carbons (Fsp3) is 0.326. The Kier molecular flexibility index (Phi) is 11.7. The van der Waals surface area contributed by atoms with E-state index in [0.29, 0.717) is 49.3 Å². The summed E-state index contributed by atoms with van der Waals surface area (Å²) in [5.41, 5.74) is 6.64. The van der Waals surface area contributed by atoms with Gasteiger partial charge in [0, 0.05) is 24.5 Å². The monoisotopic (exact) mass is 729 g/mol. The average Bonchev–Trinajstić information content (AvgIpc) is 3.89. The lowest BCUT2D eigenvalue weighted by molar-refractivity contribution is -0.138. The van der Waals surface area contributed by atoms with Crippen molar-refractivity contribution in [2.75, 3.05) is 30.8 Å². The molecule has 4 atom stereocenters. The van der Waals surface area contributed by atoms with Gasteiger partial charge in [-0.25, -0.2) is 4.79 Å². The first-order chi connectivity index (χ1) is 26.0. The third-order valence-corrected chi connectivity index (χ3v) is 10.5. The first-order valence-electron chi connectivity index (χ1n) is 18.4. The number of alkyl carbamates (subject to hydrolysis) is 1. The number of benzene rings is 4. The van der Waals surface area contributed by atoms with Crippen molar-refractivity contribution in [1.82, 2.24) is 15.1 Å². The molecule has 6 rings (SSSR count). The summed E-state index contributed by atoms with van der Waals surface area (Å²) >= 11 is 0. The van der Waals surface area contributed by atoms with E-state index in [0.717, 1.165) is 34.2 Å². The van der Waals surface area contributed by atoms with Gasteiger partial charge in [0.1, 0.15) is 18.1 Å². The second kappa shape index (κ2) is 16.8. The van der Waals surface area contributed by atoms with Crippen molar-refractivity contribution in [3.8, 4) is 11.1 Å². The molecule has 54 heavy (non-hydrogen) atoms. The maximum absolute atomic E-state index is 13.8. The SMILES string of the molecule is COC(=O)N[C@@H](C(=O)N1CCC[C@H]1C(=O)Nc1ccc(-c2ccc(NC(=O)[C@@H]3CCCN3C(=O)[C@H](C)c3ccccc3)cc2C)c(C)c1)c1ccccc1. The molecule has 0 spiro atoms. The molecule has 0 radical (unpaired) electrons. The van der Waals surface area contributed by atoms with Gasteiger partial charge in [-0.1, -0.05) is 72.8 Å². The van der Waals surface area contributed by atoms with Crippen molar-refractivity contribution in [1.29, 1.82) is 0 Å². The first kappa shape index (κ1) is 37.8. The normalized spacial score (nSPS) is 17.7. The molecule has 2 heterocycles. The minimum Gasteiger partial charge on any atom is -0.453 e. The highest BCUT2D eigenvalue weighted by atomic mass is 16.5. The van der Waals surface area contributed by atoms with Crippen LogP contribution in [-0.4, -0.2) is 71.8 Å². The Morgan fingerprint density at radius 2 is 1.11 bits per heavy atom. The number of ether oxygens (including phenoxy) is 1. The quantitative estimate of drug-likeness (QED) is 0.166. The highest BCUT2D eigenvalue weighted by Gasteiger charge is 2.39. The molecule has 5 amide bonds. The lowest BCUT2D eigenvalue weighted by Gasteiger charge is -2.28. The van der Waals surface area contributed by atoms with Gasteiger partial charge in [-0.2, -0.15) is 0 Å². The number of methoxy groups -OCH3 is 1. The second-order valence-corrected chi connectivity index (χ2v) is 14.0. The van der Waals surface area contributed by atoms with Crippen molar-refractivity contribution in [3.05, 3.63) is 119 Å². The molecule has 0 aliphatic carbocycles. The molecule has 4 aromatic carbocycles.